The fourth-order valence-electron chi connectivity index (χ4n) is 2.08. The van der Waals surface area contributed by atoms with Gasteiger partial charge in [-0.25, -0.2) is 4.98 Å². The lowest BCUT2D eigenvalue weighted by Crippen LogP contribution is -2.47. The van der Waals surface area contributed by atoms with Crippen LogP contribution < -0.4 is 16.0 Å². The summed E-state index contributed by atoms with van der Waals surface area (Å²) in [4.78, 5) is 27.5. The normalized spacial score (nSPS) is 18.0. The second kappa shape index (κ2) is 7.26. The highest BCUT2D eigenvalue weighted by Crippen LogP contribution is 2.18. The number of hydrogen-bond acceptors (Lipinski definition) is 4. The standard InChI is InChI=1S/C14H19ClN4O2/c1-2-5-16-12-6-10(11(15)8-17-12)14(21)19-9-3-4-13(20)18-7-9/h6,8-9H,2-5,7H2,1H3,(H,16,17)(H,18,20)(H,19,21). The Hall–Kier alpha value is -1.82. The monoisotopic (exact) mass is 310 g/mol. The van der Waals surface area contributed by atoms with E-state index in [0.717, 1.165) is 13.0 Å². The number of carbonyl (C=O) groups is 2. The van der Waals surface area contributed by atoms with Crippen LogP contribution in [0.4, 0.5) is 5.82 Å². The van der Waals surface area contributed by atoms with E-state index in [2.05, 4.69) is 20.9 Å². The molecular weight excluding hydrogens is 292 g/mol. The number of nitrogens with one attached hydrogen (secondary N) is 3. The molecule has 0 aromatic carbocycles. The minimum Gasteiger partial charge on any atom is -0.370 e. The van der Waals surface area contributed by atoms with Crippen LogP contribution in [0.15, 0.2) is 12.3 Å². The number of anilines is 1. The Labute approximate surface area is 128 Å². The zero-order valence-electron chi connectivity index (χ0n) is 11.9. The maximum atomic E-state index is 12.3. The molecular formula is C14H19ClN4O2. The molecule has 2 amide bonds. The Morgan fingerprint density at radius 3 is 3.05 bits per heavy atom. The minimum absolute atomic E-state index is 0.0218. The van der Waals surface area contributed by atoms with E-state index in [0.29, 0.717) is 35.8 Å². The molecule has 3 N–H and O–H groups in total. The fourth-order valence-corrected chi connectivity index (χ4v) is 2.27. The lowest BCUT2D eigenvalue weighted by Gasteiger charge is -2.23. The van der Waals surface area contributed by atoms with Crippen LogP contribution >= 0.6 is 11.6 Å². The summed E-state index contributed by atoms with van der Waals surface area (Å²) in [7, 11) is 0. The number of nitrogens with zero attached hydrogens (tertiary/aromatic N) is 1. The maximum Gasteiger partial charge on any atom is 0.253 e. The zero-order valence-corrected chi connectivity index (χ0v) is 12.7. The third-order valence-electron chi connectivity index (χ3n) is 3.26. The summed E-state index contributed by atoms with van der Waals surface area (Å²) in [6, 6.07) is 1.58. The molecule has 7 heteroatoms. The van der Waals surface area contributed by atoms with Crippen LogP contribution in [0.5, 0.6) is 0 Å². The van der Waals surface area contributed by atoms with Crippen LogP contribution in [0.3, 0.4) is 0 Å². The van der Waals surface area contributed by atoms with Gasteiger partial charge in [-0.05, 0) is 18.9 Å². The Kier molecular flexibility index (Phi) is 5.38. The number of carbonyl (C=O) groups excluding carboxylic acids is 2. The molecule has 0 radical (unpaired) electrons. The van der Waals surface area contributed by atoms with Crippen molar-refractivity contribution in [2.24, 2.45) is 0 Å². The van der Waals surface area contributed by atoms with Crippen molar-refractivity contribution in [2.45, 2.75) is 32.2 Å². The SMILES string of the molecule is CCCNc1cc(C(=O)NC2CCC(=O)NC2)c(Cl)cn1. The smallest absolute Gasteiger partial charge is 0.253 e. The molecule has 1 aliphatic heterocycles. The van der Waals surface area contributed by atoms with Crippen LogP contribution in [-0.4, -0.2) is 35.9 Å². The van der Waals surface area contributed by atoms with Crippen LogP contribution in [0.25, 0.3) is 0 Å². The molecule has 1 atom stereocenters. The highest BCUT2D eigenvalue weighted by atomic mass is 35.5. The van der Waals surface area contributed by atoms with Gasteiger partial charge in [-0.3, -0.25) is 9.59 Å². The molecule has 0 saturated carbocycles. The largest absolute Gasteiger partial charge is 0.370 e. The lowest BCUT2D eigenvalue weighted by molar-refractivity contribution is -0.122. The molecule has 21 heavy (non-hydrogen) atoms. The number of pyridine rings is 1. The van der Waals surface area contributed by atoms with E-state index in [-0.39, 0.29) is 17.9 Å². The predicted octanol–water partition coefficient (Wildman–Crippen LogP) is 1.57. The topological polar surface area (TPSA) is 83.1 Å². The number of amides is 2. The number of aromatic nitrogens is 1. The summed E-state index contributed by atoms with van der Waals surface area (Å²) in [5, 5.41) is 9.05. The van der Waals surface area contributed by atoms with Gasteiger partial charge in [0.1, 0.15) is 5.82 Å². The quantitative estimate of drug-likeness (QED) is 0.771. The summed E-state index contributed by atoms with van der Waals surface area (Å²) in [6.07, 6.45) is 3.50. The van der Waals surface area contributed by atoms with Gasteiger partial charge >= 0.3 is 0 Å². The Morgan fingerprint density at radius 1 is 1.57 bits per heavy atom. The molecule has 1 aromatic heterocycles. The van der Waals surface area contributed by atoms with Crippen LogP contribution in [0, 0.1) is 0 Å². The van der Waals surface area contributed by atoms with Gasteiger partial charge in [0.2, 0.25) is 5.91 Å². The molecule has 0 aliphatic carbocycles. The van der Waals surface area contributed by atoms with Gasteiger partial charge in [-0.15, -0.1) is 0 Å². The molecule has 1 saturated heterocycles. The first-order valence-corrected chi connectivity index (χ1v) is 7.45. The molecule has 0 bridgehead atoms. The van der Waals surface area contributed by atoms with Crippen molar-refractivity contribution in [3.63, 3.8) is 0 Å². The van der Waals surface area contributed by atoms with Crippen molar-refractivity contribution in [1.29, 1.82) is 0 Å². The molecule has 114 valence electrons. The van der Waals surface area contributed by atoms with E-state index in [9.17, 15) is 9.59 Å². The molecule has 6 nitrogen and oxygen atoms in total. The summed E-state index contributed by atoms with van der Waals surface area (Å²) in [5.74, 6) is 0.403. The van der Waals surface area contributed by atoms with Crippen LogP contribution in [0.1, 0.15) is 36.5 Å². The van der Waals surface area contributed by atoms with E-state index in [1.165, 1.54) is 6.20 Å². The van der Waals surface area contributed by atoms with E-state index in [1.807, 2.05) is 6.92 Å². The van der Waals surface area contributed by atoms with Crippen molar-refractivity contribution in [3.05, 3.63) is 22.8 Å². The van der Waals surface area contributed by atoms with Gasteiger partial charge in [-0.2, -0.15) is 0 Å². The second-order valence-corrected chi connectivity index (χ2v) is 5.40. The fraction of sp³-hybridized carbons (Fsp3) is 0.500. The van der Waals surface area contributed by atoms with E-state index in [4.69, 9.17) is 11.6 Å². The molecule has 2 heterocycles. The first kappa shape index (κ1) is 15.6. The van der Waals surface area contributed by atoms with Crippen LogP contribution in [-0.2, 0) is 4.79 Å². The summed E-state index contributed by atoms with van der Waals surface area (Å²) >= 11 is 6.05. The van der Waals surface area contributed by atoms with Crippen molar-refractivity contribution in [3.8, 4) is 0 Å². The number of halogens is 1. The van der Waals surface area contributed by atoms with E-state index >= 15 is 0 Å². The number of rotatable bonds is 5. The van der Waals surface area contributed by atoms with Gasteiger partial charge in [0.15, 0.2) is 0 Å². The Morgan fingerprint density at radius 2 is 2.38 bits per heavy atom. The Bertz CT molecular complexity index is 526. The third-order valence-corrected chi connectivity index (χ3v) is 3.56. The van der Waals surface area contributed by atoms with Gasteiger partial charge in [-0.1, -0.05) is 18.5 Å². The Balaban J connectivity index is 2.02. The molecule has 1 fully saturated rings. The highest BCUT2D eigenvalue weighted by molar-refractivity contribution is 6.33. The van der Waals surface area contributed by atoms with Gasteiger partial charge in [0.05, 0.1) is 10.6 Å². The number of hydrogen-bond donors (Lipinski definition) is 3. The minimum atomic E-state index is -0.247. The molecule has 1 aliphatic rings. The second-order valence-electron chi connectivity index (χ2n) is 4.99. The van der Waals surface area contributed by atoms with Crippen molar-refractivity contribution >= 4 is 29.2 Å². The lowest BCUT2D eigenvalue weighted by atomic mass is 10.1. The van der Waals surface area contributed by atoms with Gasteiger partial charge < -0.3 is 16.0 Å². The summed E-state index contributed by atoms with van der Waals surface area (Å²) in [6.45, 7) is 3.28. The predicted molar refractivity (Wildman–Crippen MR) is 81.5 cm³/mol. The van der Waals surface area contributed by atoms with Crippen LogP contribution in [0.2, 0.25) is 5.02 Å². The first-order valence-electron chi connectivity index (χ1n) is 7.07. The third kappa shape index (κ3) is 4.32. The van der Waals surface area contributed by atoms with Crippen molar-refractivity contribution in [1.82, 2.24) is 15.6 Å². The van der Waals surface area contributed by atoms with E-state index in [1.54, 1.807) is 6.07 Å². The van der Waals surface area contributed by atoms with E-state index < -0.39 is 0 Å². The molecule has 1 aromatic rings. The van der Waals surface area contributed by atoms with Crippen molar-refractivity contribution < 1.29 is 9.59 Å². The zero-order chi connectivity index (χ0) is 15.2. The summed E-state index contributed by atoms with van der Waals surface area (Å²) in [5.41, 5.74) is 0.391. The molecule has 1 unspecified atom stereocenters. The van der Waals surface area contributed by atoms with Gasteiger partial charge in [0.25, 0.3) is 5.91 Å². The van der Waals surface area contributed by atoms with Crippen molar-refractivity contribution in [2.75, 3.05) is 18.4 Å². The average Bonchev–Trinajstić information content (AvgIpc) is 2.48. The maximum absolute atomic E-state index is 12.3. The number of piperidine rings is 1. The molecule has 2 rings (SSSR count). The summed E-state index contributed by atoms with van der Waals surface area (Å²) < 4.78 is 0. The average molecular weight is 311 g/mol. The first-order chi connectivity index (χ1) is 10.1. The van der Waals surface area contributed by atoms with Gasteiger partial charge in [0, 0.05) is 31.7 Å². The highest BCUT2D eigenvalue weighted by Gasteiger charge is 2.21. The molecule has 0 spiro atoms.